The molecule has 0 N–H and O–H groups in total. The van der Waals surface area contributed by atoms with Crippen LogP contribution in [0.5, 0.6) is 0 Å². The van der Waals surface area contributed by atoms with Crippen molar-refractivity contribution in [2.45, 2.75) is 27.7 Å². The normalized spacial score (nSPS) is 23.5. The van der Waals surface area contributed by atoms with E-state index in [0.717, 1.165) is 26.4 Å². The summed E-state index contributed by atoms with van der Waals surface area (Å²) in [5.74, 6) is 1.23. The van der Waals surface area contributed by atoms with Crippen LogP contribution in [0, 0.1) is 17.3 Å². The van der Waals surface area contributed by atoms with E-state index in [0.29, 0.717) is 11.8 Å². The molecule has 0 saturated carbocycles. The Morgan fingerprint density at radius 1 is 0.846 bits per heavy atom. The minimum Gasteiger partial charge on any atom is -0.378 e. The fourth-order valence-corrected chi connectivity index (χ4v) is 2.02. The lowest BCUT2D eigenvalue weighted by molar-refractivity contribution is -0.0227. The lowest BCUT2D eigenvalue weighted by Gasteiger charge is -2.39. The molecule has 0 amide bonds. The topological polar surface area (TPSA) is 18.5 Å². The van der Waals surface area contributed by atoms with Crippen molar-refractivity contribution >= 4 is 0 Å². The summed E-state index contributed by atoms with van der Waals surface area (Å²) in [5.41, 5.74) is 0.219. The summed E-state index contributed by atoms with van der Waals surface area (Å²) in [7, 11) is 0. The van der Waals surface area contributed by atoms with Crippen LogP contribution in [0.3, 0.4) is 0 Å². The molecule has 0 atom stereocenters. The van der Waals surface area contributed by atoms with E-state index in [1.807, 2.05) is 0 Å². The van der Waals surface area contributed by atoms with Crippen molar-refractivity contribution in [3.05, 3.63) is 0 Å². The predicted molar refractivity (Wildman–Crippen MR) is 53.7 cm³/mol. The first kappa shape index (κ1) is 11.0. The zero-order chi connectivity index (χ0) is 9.90. The summed E-state index contributed by atoms with van der Waals surface area (Å²) in [6.45, 7) is 12.2. The van der Waals surface area contributed by atoms with E-state index in [1.165, 1.54) is 0 Å². The van der Waals surface area contributed by atoms with E-state index in [4.69, 9.17) is 9.47 Å². The summed E-state index contributed by atoms with van der Waals surface area (Å²) < 4.78 is 11.2. The Balaban J connectivity index is 2.74. The van der Waals surface area contributed by atoms with Crippen LogP contribution >= 0.6 is 0 Å². The fraction of sp³-hybridized carbons (Fsp3) is 1.00. The zero-order valence-electron chi connectivity index (χ0n) is 9.30. The van der Waals surface area contributed by atoms with Gasteiger partial charge in [-0.15, -0.1) is 0 Å². The molecule has 0 aromatic heterocycles. The van der Waals surface area contributed by atoms with E-state index in [1.54, 1.807) is 0 Å². The first-order valence-electron chi connectivity index (χ1n) is 5.25. The van der Waals surface area contributed by atoms with Crippen molar-refractivity contribution in [3.8, 4) is 0 Å². The van der Waals surface area contributed by atoms with Gasteiger partial charge in [0.05, 0.1) is 26.4 Å². The first-order valence-corrected chi connectivity index (χ1v) is 5.25. The van der Waals surface area contributed by atoms with Gasteiger partial charge in [-0.25, -0.2) is 0 Å². The van der Waals surface area contributed by atoms with Crippen molar-refractivity contribution in [1.29, 1.82) is 0 Å². The zero-order valence-corrected chi connectivity index (χ0v) is 9.30. The van der Waals surface area contributed by atoms with Gasteiger partial charge >= 0.3 is 0 Å². The number of hydrogen-bond acceptors (Lipinski definition) is 2. The molecule has 0 spiro atoms. The Hall–Kier alpha value is -0.0800. The van der Waals surface area contributed by atoms with Crippen LogP contribution in [0.15, 0.2) is 0 Å². The quantitative estimate of drug-likeness (QED) is 0.659. The molecule has 0 aromatic carbocycles. The SMILES string of the molecule is CC(C)C1(C(C)C)COCCOC1. The lowest BCUT2D eigenvalue weighted by Crippen LogP contribution is -2.40. The third-order valence-corrected chi connectivity index (χ3v) is 3.41. The Kier molecular flexibility index (Phi) is 3.74. The molecule has 1 aliphatic heterocycles. The van der Waals surface area contributed by atoms with Gasteiger partial charge in [-0.3, -0.25) is 0 Å². The molecule has 13 heavy (non-hydrogen) atoms. The summed E-state index contributed by atoms with van der Waals surface area (Å²) in [4.78, 5) is 0. The van der Waals surface area contributed by atoms with Crippen molar-refractivity contribution in [2.75, 3.05) is 26.4 Å². The average molecular weight is 186 g/mol. The highest BCUT2D eigenvalue weighted by molar-refractivity contribution is 4.86. The highest BCUT2D eigenvalue weighted by atomic mass is 16.5. The van der Waals surface area contributed by atoms with Crippen LogP contribution in [0.4, 0.5) is 0 Å². The fourth-order valence-electron chi connectivity index (χ4n) is 2.02. The van der Waals surface area contributed by atoms with Gasteiger partial charge in [0.2, 0.25) is 0 Å². The summed E-state index contributed by atoms with van der Waals surface area (Å²) >= 11 is 0. The van der Waals surface area contributed by atoms with Crippen molar-refractivity contribution in [2.24, 2.45) is 17.3 Å². The molecule has 1 rings (SSSR count). The summed E-state index contributed by atoms with van der Waals surface area (Å²) in [5, 5.41) is 0. The smallest absolute Gasteiger partial charge is 0.0700 e. The summed E-state index contributed by atoms with van der Waals surface area (Å²) in [6, 6.07) is 0. The van der Waals surface area contributed by atoms with Crippen LogP contribution < -0.4 is 0 Å². The van der Waals surface area contributed by atoms with Crippen LogP contribution in [-0.4, -0.2) is 26.4 Å². The summed E-state index contributed by atoms with van der Waals surface area (Å²) in [6.07, 6.45) is 0. The van der Waals surface area contributed by atoms with E-state index >= 15 is 0 Å². The molecule has 0 unspecified atom stereocenters. The van der Waals surface area contributed by atoms with Gasteiger partial charge < -0.3 is 9.47 Å². The average Bonchev–Trinajstić information content (AvgIpc) is 2.28. The third kappa shape index (κ3) is 2.23. The molecule has 2 nitrogen and oxygen atoms in total. The molecule has 2 heteroatoms. The van der Waals surface area contributed by atoms with Crippen LogP contribution in [0.1, 0.15) is 27.7 Å². The number of ether oxygens (including phenoxy) is 2. The molecule has 1 fully saturated rings. The van der Waals surface area contributed by atoms with Crippen molar-refractivity contribution in [1.82, 2.24) is 0 Å². The van der Waals surface area contributed by atoms with Crippen molar-refractivity contribution < 1.29 is 9.47 Å². The second kappa shape index (κ2) is 4.43. The van der Waals surface area contributed by atoms with Gasteiger partial charge in [-0.1, -0.05) is 27.7 Å². The molecule has 0 radical (unpaired) electrons. The lowest BCUT2D eigenvalue weighted by atomic mass is 9.70. The second-order valence-corrected chi connectivity index (χ2v) is 4.65. The molecule has 1 aliphatic rings. The Morgan fingerprint density at radius 2 is 1.23 bits per heavy atom. The minimum absolute atomic E-state index is 0.219. The van der Waals surface area contributed by atoms with Crippen LogP contribution in [0.25, 0.3) is 0 Å². The standard InChI is InChI=1S/C11H22O2/c1-9(2)11(10(3)4)7-12-5-6-13-8-11/h9-10H,5-8H2,1-4H3. The molecular weight excluding hydrogens is 164 g/mol. The largest absolute Gasteiger partial charge is 0.378 e. The van der Waals surface area contributed by atoms with Gasteiger partial charge in [0.1, 0.15) is 0 Å². The molecule has 78 valence electrons. The van der Waals surface area contributed by atoms with Gasteiger partial charge in [-0.2, -0.15) is 0 Å². The molecule has 1 saturated heterocycles. The van der Waals surface area contributed by atoms with Gasteiger partial charge in [0.25, 0.3) is 0 Å². The molecular formula is C11H22O2. The van der Waals surface area contributed by atoms with Crippen molar-refractivity contribution in [3.63, 3.8) is 0 Å². The van der Waals surface area contributed by atoms with Crippen LogP contribution in [0.2, 0.25) is 0 Å². The van der Waals surface area contributed by atoms with E-state index in [2.05, 4.69) is 27.7 Å². The van der Waals surface area contributed by atoms with Gasteiger partial charge in [0, 0.05) is 5.41 Å². The second-order valence-electron chi connectivity index (χ2n) is 4.65. The maximum atomic E-state index is 5.61. The Bertz CT molecular complexity index is 134. The number of rotatable bonds is 2. The van der Waals surface area contributed by atoms with E-state index < -0.39 is 0 Å². The predicted octanol–water partition coefficient (Wildman–Crippen LogP) is 2.33. The van der Waals surface area contributed by atoms with Gasteiger partial charge in [0.15, 0.2) is 0 Å². The van der Waals surface area contributed by atoms with Gasteiger partial charge in [-0.05, 0) is 11.8 Å². The maximum Gasteiger partial charge on any atom is 0.0700 e. The first-order chi connectivity index (χ1) is 6.09. The number of hydrogen-bond donors (Lipinski definition) is 0. The highest BCUT2D eigenvalue weighted by Crippen LogP contribution is 2.37. The maximum absolute atomic E-state index is 5.61. The monoisotopic (exact) mass is 186 g/mol. The molecule has 0 aliphatic carbocycles. The molecule has 1 heterocycles. The highest BCUT2D eigenvalue weighted by Gasteiger charge is 2.38. The molecule has 0 bridgehead atoms. The van der Waals surface area contributed by atoms with Crippen LogP contribution in [-0.2, 0) is 9.47 Å². The third-order valence-electron chi connectivity index (χ3n) is 3.41. The Morgan fingerprint density at radius 3 is 1.54 bits per heavy atom. The molecule has 0 aromatic rings. The van der Waals surface area contributed by atoms with E-state index in [9.17, 15) is 0 Å². The minimum atomic E-state index is 0.219. The van der Waals surface area contributed by atoms with E-state index in [-0.39, 0.29) is 5.41 Å². The Labute approximate surface area is 81.6 Å².